The third-order valence-electron chi connectivity index (χ3n) is 5.42. The minimum Gasteiger partial charge on any atom is -0.330 e. The lowest BCUT2D eigenvalue weighted by molar-refractivity contribution is 0.101. The molecule has 8 nitrogen and oxygen atoms in total. The van der Waals surface area contributed by atoms with Crippen LogP contribution in [0.4, 0.5) is 0 Å². The van der Waals surface area contributed by atoms with E-state index in [0.29, 0.717) is 41.0 Å². The number of H-pyrrole nitrogens is 1. The summed E-state index contributed by atoms with van der Waals surface area (Å²) in [6.45, 7) is 3.71. The molecular weight excluding hydrogens is 418 g/mol. The van der Waals surface area contributed by atoms with E-state index in [0.717, 1.165) is 18.5 Å². The summed E-state index contributed by atoms with van der Waals surface area (Å²) in [5.41, 5.74) is 8.71. The molecule has 4 N–H and O–H groups in total. The Hall–Kier alpha value is -3.88. The molecule has 0 unspecified atom stereocenters. The zero-order chi connectivity index (χ0) is 23.4. The Morgan fingerprint density at radius 1 is 1.06 bits per heavy atom. The highest BCUT2D eigenvalue weighted by Gasteiger charge is 2.11. The first-order valence-electron chi connectivity index (χ1n) is 10.7. The zero-order valence-corrected chi connectivity index (χ0v) is 18.3. The van der Waals surface area contributed by atoms with Crippen LogP contribution in [-0.2, 0) is 6.54 Å². The van der Waals surface area contributed by atoms with Gasteiger partial charge in [0.15, 0.2) is 5.78 Å². The van der Waals surface area contributed by atoms with Gasteiger partial charge in [-0.25, -0.2) is 4.98 Å². The molecule has 8 heteroatoms. The Labute approximate surface area is 190 Å². The van der Waals surface area contributed by atoms with Crippen LogP contribution in [0.25, 0.3) is 28.2 Å². The van der Waals surface area contributed by atoms with Crippen LogP contribution >= 0.6 is 0 Å². The van der Waals surface area contributed by atoms with Gasteiger partial charge in [-0.2, -0.15) is 0 Å². The van der Waals surface area contributed by atoms with Gasteiger partial charge in [0.1, 0.15) is 0 Å². The Bertz CT molecular complexity index is 1400. The standard InChI is InChI=1S/C25H25N5O3/c1-16(31)18-7-9-20(10-8-18)22-13-23(32)30-15-21(24(33)29-25(30)28-22)19-5-3-17(4-6-19)14-27-12-2-11-26/h3-10,13,15,27H,2,11-12,14,26H2,1H3,(H,28,29,33). The minimum atomic E-state index is -0.334. The maximum absolute atomic E-state index is 12.8. The quantitative estimate of drug-likeness (QED) is 0.284. The highest BCUT2D eigenvalue weighted by atomic mass is 16.1. The van der Waals surface area contributed by atoms with Gasteiger partial charge in [0.2, 0.25) is 5.78 Å². The number of fused-ring (bicyclic) bond motifs is 1. The van der Waals surface area contributed by atoms with E-state index in [9.17, 15) is 14.4 Å². The predicted octanol–water partition coefficient (Wildman–Crippen LogP) is 2.36. The summed E-state index contributed by atoms with van der Waals surface area (Å²) in [6.07, 6.45) is 2.43. The van der Waals surface area contributed by atoms with E-state index in [2.05, 4.69) is 15.3 Å². The molecule has 168 valence electrons. The fourth-order valence-electron chi connectivity index (χ4n) is 3.55. The van der Waals surface area contributed by atoms with Crippen molar-refractivity contribution in [2.45, 2.75) is 19.9 Å². The van der Waals surface area contributed by atoms with E-state index in [1.807, 2.05) is 24.3 Å². The molecule has 0 aliphatic heterocycles. The number of ketones is 1. The second-order valence-corrected chi connectivity index (χ2v) is 7.82. The average Bonchev–Trinajstić information content (AvgIpc) is 2.82. The number of Topliss-reactive ketones (excluding diaryl/α,β-unsaturated/α-hetero) is 1. The number of nitrogens with zero attached hydrogens (tertiary/aromatic N) is 2. The average molecular weight is 444 g/mol. The molecule has 0 atom stereocenters. The molecule has 4 aromatic rings. The molecule has 0 radical (unpaired) electrons. The molecule has 0 saturated heterocycles. The van der Waals surface area contributed by atoms with Crippen molar-refractivity contribution in [2.24, 2.45) is 5.73 Å². The zero-order valence-electron chi connectivity index (χ0n) is 18.3. The van der Waals surface area contributed by atoms with Crippen molar-refractivity contribution in [3.05, 3.63) is 92.6 Å². The van der Waals surface area contributed by atoms with Crippen molar-refractivity contribution >= 4 is 11.6 Å². The summed E-state index contributed by atoms with van der Waals surface area (Å²) in [4.78, 5) is 44.2. The van der Waals surface area contributed by atoms with Crippen LogP contribution < -0.4 is 22.2 Å². The molecule has 0 saturated carbocycles. The number of hydrogen-bond acceptors (Lipinski definition) is 6. The maximum Gasteiger partial charge on any atom is 0.260 e. The molecule has 2 aromatic heterocycles. The van der Waals surface area contributed by atoms with Gasteiger partial charge < -0.3 is 11.1 Å². The molecule has 0 bridgehead atoms. The number of rotatable bonds is 8. The molecule has 2 heterocycles. The van der Waals surface area contributed by atoms with E-state index >= 15 is 0 Å². The summed E-state index contributed by atoms with van der Waals surface area (Å²) in [5.74, 6) is 0.114. The van der Waals surface area contributed by atoms with E-state index in [4.69, 9.17) is 5.73 Å². The molecule has 0 spiro atoms. The topological polar surface area (TPSA) is 122 Å². The van der Waals surface area contributed by atoms with Crippen molar-refractivity contribution in [2.75, 3.05) is 13.1 Å². The van der Waals surface area contributed by atoms with Crippen molar-refractivity contribution in [3.63, 3.8) is 0 Å². The second kappa shape index (κ2) is 9.72. The van der Waals surface area contributed by atoms with Gasteiger partial charge in [-0.05, 0) is 37.6 Å². The smallest absolute Gasteiger partial charge is 0.260 e. The van der Waals surface area contributed by atoms with Crippen LogP contribution in [0.3, 0.4) is 0 Å². The number of carbonyl (C=O) groups excluding carboxylic acids is 1. The van der Waals surface area contributed by atoms with E-state index in [-0.39, 0.29) is 22.7 Å². The molecule has 0 amide bonds. The molecule has 0 aliphatic rings. The third-order valence-corrected chi connectivity index (χ3v) is 5.42. The fraction of sp³-hybridized carbons (Fsp3) is 0.200. The summed E-state index contributed by atoms with van der Waals surface area (Å²) in [7, 11) is 0. The lowest BCUT2D eigenvalue weighted by atomic mass is 10.1. The van der Waals surface area contributed by atoms with Gasteiger partial charge in [-0.3, -0.25) is 23.8 Å². The minimum absolute atomic E-state index is 0.0409. The van der Waals surface area contributed by atoms with E-state index in [1.165, 1.54) is 23.6 Å². The summed E-state index contributed by atoms with van der Waals surface area (Å²) < 4.78 is 1.33. The van der Waals surface area contributed by atoms with Crippen molar-refractivity contribution in [3.8, 4) is 22.4 Å². The van der Waals surface area contributed by atoms with Gasteiger partial charge >= 0.3 is 0 Å². The first kappa shape index (κ1) is 22.3. The molecule has 0 fully saturated rings. The van der Waals surface area contributed by atoms with Gasteiger partial charge in [-0.15, -0.1) is 0 Å². The maximum atomic E-state index is 12.8. The van der Waals surface area contributed by atoms with Crippen LogP contribution in [0, 0.1) is 0 Å². The third kappa shape index (κ3) is 4.97. The number of nitrogens with two attached hydrogens (primary N) is 1. The highest BCUT2D eigenvalue weighted by Crippen LogP contribution is 2.19. The number of aromatic amines is 1. The van der Waals surface area contributed by atoms with E-state index in [1.54, 1.807) is 24.3 Å². The number of hydrogen-bond donors (Lipinski definition) is 3. The molecule has 0 aliphatic carbocycles. The van der Waals surface area contributed by atoms with Gasteiger partial charge in [-0.1, -0.05) is 48.5 Å². The molecule has 33 heavy (non-hydrogen) atoms. The molecule has 4 rings (SSSR count). The Morgan fingerprint density at radius 3 is 2.42 bits per heavy atom. The number of benzene rings is 2. The Kier molecular flexibility index (Phi) is 6.58. The van der Waals surface area contributed by atoms with Gasteiger partial charge in [0.25, 0.3) is 11.1 Å². The highest BCUT2D eigenvalue weighted by molar-refractivity contribution is 5.94. The van der Waals surface area contributed by atoms with Crippen LogP contribution in [0.1, 0.15) is 29.3 Å². The number of nitrogens with one attached hydrogen (secondary N) is 2. The van der Waals surface area contributed by atoms with Crippen LogP contribution in [0.2, 0.25) is 0 Å². The summed E-state index contributed by atoms with van der Waals surface area (Å²) >= 11 is 0. The van der Waals surface area contributed by atoms with Crippen molar-refractivity contribution in [1.82, 2.24) is 19.7 Å². The Morgan fingerprint density at radius 2 is 1.76 bits per heavy atom. The normalized spacial score (nSPS) is 11.1. The van der Waals surface area contributed by atoms with E-state index < -0.39 is 0 Å². The fourth-order valence-corrected chi connectivity index (χ4v) is 3.55. The molecular formula is C25H25N5O3. The van der Waals surface area contributed by atoms with Crippen LogP contribution in [-0.4, -0.2) is 33.2 Å². The number of aromatic nitrogens is 3. The van der Waals surface area contributed by atoms with Crippen molar-refractivity contribution < 1.29 is 4.79 Å². The van der Waals surface area contributed by atoms with Crippen molar-refractivity contribution in [1.29, 1.82) is 0 Å². The SMILES string of the molecule is CC(=O)c1ccc(-c2cc(=O)n3cc(-c4ccc(CNCCCN)cc4)c(=O)[nH]c3n2)cc1. The molecule has 2 aromatic carbocycles. The largest absolute Gasteiger partial charge is 0.330 e. The van der Waals surface area contributed by atoms with Gasteiger partial charge in [0, 0.05) is 29.9 Å². The lowest BCUT2D eigenvalue weighted by Gasteiger charge is -2.08. The lowest BCUT2D eigenvalue weighted by Crippen LogP contribution is -2.21. The Balaban J connectivity index is 1.64. The first-order valence-corrected chi connectivity index (χ1v) is 10.7. The number of carbonyl (C=O) groups is 1. The second-order valence-electron chi connectivity index (χ2n) is 7.82. The summed E-state index contributed by atoms with van der Waals surface area (Å²) in [6, 6.07) is 15.9. The van der Waals surface area contributed by atoms with Gasteiger partial charge in [0.05, 0.1) is 11.3 Å². The predicted molar refractivity (Wildman–Crippen MR) is 128 cm³/mol. The summed E-state index contributed by atoms with van der Waals surface area (Å²) in [5, 5.41) is 3.31. The monoisotopic (exact) mass is 443 g/mol. The van der Waals surface area contributed by atoms with Crippen LogP contribution in [0.15, 0.2) is 70.4 Å². The van der Waals surface area contributed by atoms with Crippen LogP contribution in [0.5, 0.6) is 0 Å². The first-order chi connectivity index (χ1) is 16.0.